The Morgan fingerprint density at radius 1 is 1.10 bits per heavy atom. The fraction of sp³-hybridized carbons (Fsp3) is 0.273. The normalized spacial score (nSPS) is 17.0. The lowest BCUT2D eigenvalue weighted by Crippen LogP contribution is -2.43. The first-order valence-corrected chi connectivity index (χ1v) is 12.1. The number of esters is 1. The van der Waals surface area contributed by atoms with E-state index in [4.69, 9.17) is 4.74 Å². The van der Waals surface area contributed by atoms with E-state index in [-0.39, 0.29) is 17.1 Å². The zero-order valence-corrected chi connectivity index (χ0v) is 19.0. The number of hydrogen-bond acceptors (Lipinski definition) is 6. The smallest absolute Gasteiger partial charge is 0.338 e. The summed E-state index contributed by atoms with van der Waals surface area (Å²) >= 11 is 1.22. The standard InChI is InChI=1S/C22H24N2O4S2/c1-5-28-21(25)19-16(3)23-22(29-4)24(20(19)17-9-7-6-8-10-17)30(26,27)18-13-11-15(2)12-14-18/h6-14,20H,5H2,1-4H3. The van der Waals surface area contributed by atoms with E-state index < -0.39 is 22.0 Å². The maximum atomic E-state index is 13.7. The summed E-state index contributed by atoms with van der Waals surface area (Å²) in [6, 6.07) is 14.8. The van der Waals surface area contributed by atoms with Crippen molar-refractivity contribution in [2.24, 2.45) is 4.99 Å². The number of hydrogen-bond donors (Lipinski definition) is 0. The molecule has 0 saturated heterocycles. The molecule has 0 spiro atoms. The van der Waals surface area contributed by atoms with Crippen molar-refractivity contribution < 1.29 is 17.9 Å². The van der Waals surface area contributed by atoms with E-state index in [1.165, 1.54) is 16.1 Å². The van der Waals surface area contributed by atoms with Gasteiger partial charge in [0.2, 0.25) is 0 Å². The van der Waals surface area contributed by atoms with Crippen molar-refractivity contribution in [3.63, 3.8) is 0 Å². The molecule has 1 aliphatic rings. The zero-order chi connectivity index (χ0) is 21.9. The lowest BCUT2D eigenvalue weighted by atomic mass is 9.96. The molecule has 2 aromatic rings. The minimum Gasteiger partial charge on any atom is -0.463 e. The Labute approximate surface area is 181 Å². The lowest BCUT2D eigenvalue weighted by Gasteiger charge is -2.37. The molecule has 1 aliphatic heterocycles. The molecule has 0 N–H and O–H groups in total. The van der Waals surface area contributed by atoms with Crippen LogP contribution in [0.4, 0.5) is 0 Å². The van der Waals surface area contributed by atoms with Gasteiger partial charge >= 0.3 is 5.97 Å². The SMILES string of the molecule is CCOC(=O)C1=C(C)N=C(SC)N(S(=O)(=O)c2ccc(C)cc2)C1c1ccccc1. The zero-order valence-electron chi connectivity index (χ0n) is 17.3. The second-order valence-corrected chi connectivity index (χ2v) is 9.33. The topological polar surface area (TPSA) is 76.0 Å². The molecule has 0 saturated carbocycles. The van der Waals surface area contributed by atoms with Crippen LogP contribution in [0, 0.1) is 6.92 Å². The minimum absolute atomic E-state index is 0.138. The van der Waals surface area contributed by atoms with Gasteiger partial charge in [0.05, 0.1) is 22.8 Å². The van der Waals surface area contributed by atoms with Crippen LogP contribution in [0.2, 0.25) is 0 Å². The molecule has 158 valence electrons. The van der Waals surface area contributed by atoms with Crippen LogP contribution < -0.4 is 0 Å². The molecule has 1 heterocycles. The number of sulfonamides is 1. The number of allylic oxidation sites excluding steroid dienone is 1. The largest absolute Gasteiger partial charge is 0.463 e. The van der Waals surface area contributed by atoms with Crippen molar-refractivity contribution >= 4 is 32.9 Å². The van der Waals surface area contributed by atoms with Crippen molar-refractivity contribution in [2.45, 2.75) is 31.7 Å². The maximum Gasteiger partial charge on any atom is 0.338 e. The van der Waals surface area contributed by atoms with Gasteiger partial charge in [0.1, 0.15) is 6.04 Å². The average molecular weight is 445 g/mol. The molecule has 0 amide bonds. The van der Waals surface area contributed by atoms with Crippen molar-refractivity contribution in [1.82, 2.24) is 4.31 Å². The van der Waals surface area contributed by atoms with Crippen LogP contribution in [0.5, 0.6) is 0 Å². The fourth-order valence-corrected chi connectivity index (χ4v) is 5.77. The van der Waals surface area contributed by atoms with Gasteiger partial charge < -0.3 is 4.74 Å². The molecule has 2 aromatic carbocycles. The number of ether oxygens (including phenoxy) is 1. The Kier molecular flexibility index (Phi) is 6.67. The fourth-order valence-electron chi connectivity index (χ4n) is 3.29. The van der Waals surface area contributed by atoms with E-state index in [2.05, 4.69) is 4.99 Å². The highest BCUT2D eigenvalue weighted by atomic mass is 32.2. The number of rotatable bonds is 5. The van der Waals surface area contributed by atoms with Crippen LogP contribution in [0.25, 0.3) is 0 Å². The van der Waals surface area contributed by atoms with Gasteiger partial charge in [-0.25, -0.2) is 22.5 Å². The highest BCUT2D eigenvalue weighted by Gasteiger charge is 2.43. The van der Waals surface area contributed by atoms with E-state index in [0.29, 0.717) is 16.4 Å². The highest BCUT2D eigenvalue weighted by molar-refractivity contribution is 8.14. The lowest BCUT2D eigenvalue weighted by molar-refractivity contribution is -0.139. The molecule has 6 nitrogen and oxygen atoms in total. The first-order chi connectivity index (χ1) is 14.3. The quantitative estimate of drug-likeness (QED) is 0.643. The second kappa shape index (κ2) is 9.06. The minimum atomic E-state index is -4.00. The third-order valence-corrected chi connectivity index (χ3v) is 7.26. The van der Waals surface area contributed by atoms with Gasteiger partial charge in [-0.05, 0) is 44.7 Å². The number of carbonyl (C=O) groups excluding carboxylic acids is 1. The molecule has 0 aromatic heterocycles. The van der Waals surface area contributed by atoms with Crippen molar-refractivity contribution in [3.05, 3.63) is 77.0 Å². The number of thioether (sulfide) groups is 1. The summed E-state index contributed by atoms with van der Waals surface area (Å²) in [4.78, 5) is 17.5. The number of carbonyl (C=O) groups is 1. The molecule has 8 heteroatoms. The molecule has 0 fully saturated rings. The molecule has 0 bridgehead atoms. The van der Waals surface area contributed by atoms with Gasteiger partial charge in [-0.3, -0.25) is 0 Å². The Bertz CT molecular complexity index is 1090. The number of aliphatic imine (C=N–C) groups is 1. The maximum absolute atomic E-state index is 13.7. The molecule has 0 aliphatic carbocycles. The third kappa shape index (κ3) is 4.15. The number of amidine groups is 1. The van der Waals surface area contributed by atoms with Gasteiger partial charge in [0.15, 0.2) is 5.17 Å². The molecule has 1 unspecified atom stereocenters. The average Bonchev–Trinajstić information content (AvgIpc) is 2.73. The summed E-state index contributed by atoms with van der Waals surface area (Å²) in [7, 11) is -4.00. The van der Waals surface area contributed by atoms with Crippen LogP contribution in [-0.4, -0.2) is 36.7 Å². The van der Waals surface area contributed by atoms with E-state index in [9.17, 15) is 13.2 Å². The molecular formula is C22H24N2O4S2. The predicted octanol–water partition coefficient (Wildman–Crippen LogP) is 4.30. The first kappa shape index (κ1) is 22.1. The monoisotopic (exact) mass is 444 g/mol. The molecule has 1 atom stereocenters. The second-order valence-electron chi connectivity index (χ2n) is 6.75. The Hall–Kier alpha value is -2.58. The number of benzene rings is 2. The van der Waals surface area contributed by atoms with Crippen LogP contribution in [0.1, 0.15) is 31.0 Å². The van der Waals surface area contributed by atoms with Crippen molar-refractivity contribution in [1.29, 1.82) is 0 Å². The van der Waals surface area contributed by atoms with Crippen LogP contribution >= 0.6 is 11.8 Å². The Morgan fingerprint density at radius 3 is 2.30 bits per heavy atom. The third-order valence-electron chi connectivity index (χ3n) is 4.72. The van der Waals surface area contributed by atoms with E-state index in [1.54, 1.807) is 56.5 Å². The first-order valence-electron chi connectivity index (χ1n) is 9.47. The van der Waals surface area contributed by atoms with Gasteiger partial charge in [0.25, 0.3) is 10.0 Å². The van der Waals surface area contributed by atoms with Crippen LogP contribution in [0.3, 0.4) is 0 Å². The summed E-state index contributed by atoms with van der Waals surface area (Å²) in [6.45, 7) is 5.49. The summed E-state index contributed by atoms with van der Waals surface area (Å²) < 4.78 is 34.0. The molecular weight excluding hydrogens is 420 g/mol. The van der Waals surface area contributed by atoms with E-state index >= 15 is 0 Å². The Balaban J connectivity index is 2.26. The number of nitrogens with zero attached hydrogens (tertiary/aromatic N) is 2. The number of aryl methyl sites for hydroxylation is 1. The predicted molar refractivity (Wildman–Crippen MR) is 120 cm³/mol. The summed E-state index contributed by atoms with van der Waals surface area (Å²) in [5.41, 5.74) is 2.28. The van der Waals surface area contributed by atoms with Gasteiger partial charge in [0, 0.05) is 0 Å². The van der Waals surface area contributed by atoms with E-state index in [1.807, 2.05) is 25.1 Å². The summed E-state index contributed by atoms with van der Waals surface area (Å²) in [6.07, 6.45) is 1.77. The Morgan fingerprint density at radius 2 is 1.73 bits per heavy atom. The molecule has 30 heavy (non-hydrogen) atoms. The van der Waals surface area contributed by atoms with Crippen molar-refractivity contribution in [2.75, 3.05) is 12.9 Å². The van der Waals surface area contributed by atoms with Crippen molar-refractivity contribution in [3.8, 4) is 0 Å². The summed E-state index contributed by atoms with van der Waals surface area (Å²) in [5.74, 6) is -0.572. The highest BCUT2D eigenvalue weighted by Crippen LogP contribution is 2.41. The van der Waals surface area contributed by atoms with Gasteiger partial charge in [-0.2, -0.15) is 0 Å². The van der Waals surface area contributed by atoms with Crippen LogP contribution in [0.15, 0.2) is 75.8 Å². The van der Waals surface area contributed by atoms with Gasteiger partial charge in [-0.15, -0.1) is 0 Å². The molecule has 3 rings (SSSR count). The summed E-state index contributed by atoms with van der Waals surface area (Å²) in [5, 5.41) is 0.301. The van der Waals surface area contributed by atoms with E-state index in [0.717, 1.165) is 5.56 Å². The molecule has 0 radical (unpaired) electrons. The van der Waals surface area contributed by atoms with Gasteiger partial charge in [-0.1, -0.05) is 59.8 Å². The van der Waals surface area contributed by atoms with Crippen LogP contribution in [-0.2, 0) is 19.6 Å².